The molecule has 3 rings (SSSR count). The molecule has 31 heavy (non-hydrogen) atoms. The van der Waals surface area contributed by atoms with Crippen molar-refractivity contribution in [3.8, 4) is 0 Å². The van der Waals surface area contributed by atoms with Crippen LogP contribution in [0, 0.1) is 17.3 Å². The Hall–Kier alpha value is -1.19. The van der Waals surface area contributed by atoms with Crippen LogP contribution in [0.15, 0.2) is 0 Å². The van der Waals surface area contributed by atoms with E-state index in [0.29, 0.717) is 6.42 Å². The number of aliphatic hydroxyl groups excluding tert-OH is 1. The van der Waals surface area contributed by atoms with Crippen molar-refractivity contribution in [2.75, 3.05) is 19.8 Å². The lowest BCUT2D eigenvalue weighted by Crippen LogP contribution is -2.59. The molecule has 2 N–H and O–H groups in total. The van der Waals surface area contributed by atoms with Gasteiger partial charge in [0.15, 0.2) is 0 Å². The fourth-order valence-electron chi connectivity index (χ4n) is 6.06. The van der Waals surface area contributed by atoms with Crippen molar-refractivity contribution in [3.05, 3.63) is 0 Å². The number of β-amino-alcohol motifs (C(OH)–C–C–N with tert-alkyl or cyclic N) is 1. The van der Waals surface area contributed by atoms with Gasteiger partial charge in [-0.2, -0.15) is 0 Å². The number of ether oxygens (including phenoxy) is 2. The van der Waals surface area contributed by atoms with Gasteiger partial charge in [0.1, 0.15) is 11.6 Å². The van der Waals surface area contributed by atoms with Crippen LogP contribution in [0.1, 0.15) is 54.4 Å². The number of aliphatic hydroxyl groups is 1. The number of hydrogen-bond acceptors (Lipinski definition) is 6. The SMILES string of the molecule is CCOC(=O)[C@H]1[C@@H]2OC3(CC2Br)C(C(=O)NC(C)(C)CC(C)(C)C)N(CCO)C(=O)[C@H]13. The molecular weight excluding hydrogens is 468 g/mol. The predicted molar refractivity (Wildman–Crippen MR) is 117 cm³/mol. The van der Waals surface area contributed by atoms with Crippen molar-refractivity contribution in [1.29, 1.82) is 0 Å². The van der Waals surface area contributed by atoms with Gasteiger partial charge in [0.2, 0.25) is 11.8 Å². The number of carbonyl (C=O) groups excluding carboxylic acids is 3. The zero-order valence-electron chi connectivity index (χ0n) is 19.2. The third-order valence-electron chi connectivity index (χ3n) is 6.37. The number of alkyl halides is 1. The first-order valence-corrected chi connectivity index (χ1v) is 11.9. The second-order valence-corrected chi connectivity index (χ2v) is 12.0. The first-order valence-electron chi connectivity index (χ1n) is 11.0. The van der Waals surface area contributed by atoms with E-state index in [4.69, 9.17) is 9.47 Å². The van der Waals surface area contributed by atoms with Crippen LogP contribution >= 0.6 is 15.9 Å². The molecule has 0 aromatic carbocycles. The first kappa shape index (κ1) is 24.5. The molecule has 0 aromatic rings. The average Bonchev–Trinajstić information content (AvgIpc) is 3.17. The molecule has 2 amide bonds. The molecule has 6 atom stereocenters. The third kappa shape index (κ3) is 4.25. The highest BCUT2D eigenvalue weighted by Gasteiger charge is 2.76. The van der Waals surface area contributed by atoms with Crippen LogP contribution in [0.3, 0.4) is 0 Å². The van der Waals surface area contributed by atoms with Gasteiger partial charge in [-0.25, -0.2) is 0 Å². The van der Waals surface area contributed by atoms with E-state index in [1.54, 1.807) is 6.92 Å². The number of amides is 2. The summed E-state index contributed by atoms with van der Waals surface area (Å²) in [5, 5.41) is 12.7. The van der Waals surface area contributed by atoms with E-state index in [0.717, 1.165) is 6.42 Å². The number of halogens is 1. The van der Waals surface area contributed by atoms with E-state index in [-0.39, 0.29) is 41.8 Å². The topological polar surface area (TPSA) is 105 Å². The van der Waals surface area contributed by atoms with Gasteiger partial charge < -0.3 is 24.8 Å². The van der Waals surface area contributed by atoms with E-state index in [1.165, 1.54) is 4.90 Å². The standard InChI is InChI=1S/C22H35BrN2O6/c1-7-30-19(29)13-14-18(28)25(8-9-26)16(22(14)10-12(23)15(13)31-22)17(27)24-21(5,6)11-20(2,3)4/h12-16,26H,7-11H2,1-6H3,(H,24,27)/t12?,13-,14+,15-,16?,22?/m1/s1. The van der Waals surface area contributed by atoms with Crippen LogP contribution in [-0.4, -0.2) is 75.7 Å². The minimum atomic E-state index is -1.12. The number of rotatable bonds is 7. The Kier molecular flexibility index (Phi) is 6.55. The van der Waals surface area contributed by atoms with Crippen LogP contribution in [-0.2, 0) is 23.9 Å². The summed E-state index contributed by atoms with van der Waals surface area (Å²) in [7, 11) is 0. The molecule has 8 nitrogen and oxygen atoms in total. The van der Waals surface area contributed by atoms with Crippen molar-refractivity contribution in [2.24, 2.45) is 17.3 Å². The smallest absolute Gasteiger partial charge is 0.312 e. The zero-order chi connectivity index (χ0) is 23.4. The zero-order valence-corrected chi connectivity index (χ0v) is 20.8. The lowest BCUT2D eigenvalue weighted by molar-refractivity contribution is -0.154. The van der Waals surface area contributed by atoms with Gasteiger partial charge in [0.25, 0.3) is 0 Å². The number of esters is 1. The maximum absolute atomic E-state index is 13.6. The summed E-state index contributed by atoms with van der Waals surface area (Å²) in [6.07, 6.45) is 0.643. The summed E-state index contributed by atoms with van der Waals surface area (Å²) in [5.41, 5.74) is -1.64. The normalized spacial score (nSPS) is 34.8. The van der Waals surface area contributed by atoms with Gasteiger partial charge in [-0.05, 0) is 39.0 Å². The molecule has 0 aromatic heterocycles. The molecule has 9 heteroatoms. The van der Waals surface area contributed by atoms with Gasteiger partial charge >= 0.3 is 5.97 Å². The Balaban J connectivity index is 1.97. The highest BCUT2D eigenvalue weighted by atomic mass is 79.9. The number of nitrogens with one attached hydrogen (secondary N) is 1. The Morgan fingerprint density at radius 1 is 1.32 bits per heavy atom. The van der Waals surface area contributed by atoms with E-state index in [9.17, 15) is 19.5 Å². The van der Waals surface area contributed by atoms with Gasteiger partial charge in [-0.15, -0.1) is 0 Å². The van der Waals surface area contributed by atoms with Crippen molar-refractivity contribution in [1.82, 2.24) is 10.2 Å². The molecule has 1 spiro atoms. The van der Waals surface area contributed by atoms with Crippen LogP contribution in [0.5, 0.6) is 0 Å². The van der Waals surface area contributed by atoms with Crippen LogP contribution in [0.4, 0.5) is 0 Å². The number of likely N-dealkylation sites (tertiary alicyclic amines) is 1. The molecule has 0 saturated carbocycles. The molecule has 3 fully saturated rings. The molecule has 0 radical (unpaired) electrons. The summed E-state index contributed by atoms with van der Waals surface area (Å²) in [4.78, 5) is 41.0. The molecule has 3 saturated heterocycles. The molecule has 0 aliphatic carbocycles. The number of nitrogens with zero attached hydrogens (tertiary/aromatic N) is 1. The fraction of sp³-hybridized carbons (Fsp3) is 0.864. The monoisotopic (exact) mass is 502 g/mol. The number of hydrogen-bond donors (Lipinski definition) is 2. The van der Waals surface area contributed by atoms with Gasteiger partial charge in [-0.3, -0.25) is 14.4 Å². The highest BCUT2D eigenvalue weighted by molar-refractivity contribution is 9.09. The van der Waals surface area contributed by atoms with Crippen molar-refractivity contribution < 1.29 is 29.0 Å². The van der Waals surface area contributed by atoms with E-state index in [2.05, 4.69) is 42.0 Å². The third-order valence-corrected chi connectivity index (χ3v) is 7.22. The maximum atomic E-state index is 13.6. The van der Waals surface area contributed by atoms with E-state index in [1.807, 2.05) is 13.8 Å². The average molecular weight is 503 g/mol. The lowest BCUT2D eigenvalue weighted by Gasteiger charge is -2.38. The highest BCUT2D eigenvalue weighted by Crippen LogP contribution is 2.60. The molecule has 3 heterocycles. The first-order chi connectivity index (χ1) is 14.3. The second kappa shape index (κ2) is 8.30. The molecule has 3 aliphatic heterocycles. The second-order valence-electron chi connectivity index (χ2n) is 10.8. The fourth-order valence-corrected chi connectivity index (χ4v) is 7.00. The van der Waals surface area contributed by atoms with Gasteiger partial charge in [-0.1, -0.05) is 36.7 Å². The summed E-state index contributed by atoms with van der Waals surface area (Å²) in [6.45, 7) is 11.9. The van der Waals surface area contributed by atoms with Crippen molar-refractivity contribution >= 4 is 33.7 Å². The summed E-state index contributed by atoms with van der Waals surface area (Å²) in [6, 6.07) is -0.916. The number of fused-ring (bicyclic) bond motifs is 1. The lowest BCUT2D eigenvalue weighted by atomic mass is 9.70. The van der Waals surface area contributed by atoms with Crippen molar-refractivity contribution in [2.45, 2.75) is 82.5 Å². The molecule has 3 aliphatic rings. The van der Waals surface area contributed by atoms with Gasteiger partial charge in [0, 0.05) is 16.9 Å². The predicted octanol–water partition coefficient (Wildman–Crippen LogP) is 1.62. The Bertz CT molecular complexity index is 751. The molecule has 176 valence electrons. The van der Waals surface area contributed by atoms with Crippen molar-refractivity contribution in [3.63, 3.8) is 0 Å². The Morgan fingerprint density at radius 3 is 2.52 bits per heavy atom. The van der Waals surface area contributed by atoms with Crippen LogP contribution in [0.2, 0.25) is 0 Å². The van der Waals surface area contributed by atoms with Crippen LogP contribution < -0.4 is 5.32 Å². The maximum Gasteiger partial charge on any atom is 0.312 e. The molecular formula is C22H35BrN2O6. The van der Waals surface area contributed by atoms with E-state index >= 15 is 0 Å². The minimum absolute atomic E-state index is 0.00535. The molecule has 3 unspecified atom stereocenters. The Labute approximate surface area is 192 Å². The number of carbonyl (C=O) groups is 3. The van der Waals surface area contributed by atoms with Gasteiger partial charge in [0.05, 0.1) is 31.2 Å². The summed E-state index contributed by atoms with van der Waals surface area (Å²) < 4.78 is 11.6. The molecule has 2 bridgehead atoms. The Morgan fingerprint density at radius 2 is 1.97 bits per heavy atom. The minimum Gasteiger partial charge on any atom is -0.466 e. The summed E-state index contributed by atoms with van der Waals surface area (Å²) in [5.74, 6) is -2.69. The largest absolute Gasteiger partial charge is 0.466 e. The van der Waals surface area contributed by atoms with Crippen LogP contribution in [0.25, 0.3) is 0 Å². The van der Waals surface area contributed by atoms with E-state index < -0.39 is 41.1 Å². The summed E-state index contributed by atoms with van der Waals surface area (Å²) >= 11 is 3.60. The quantitative estimate of drug-likeness (QED) is 0.404.